The third-order valence-electron chi connectivity index (χ3n) is 1.40. The molecule has 0 bridgehead atoms. The van der Waals surface area contributed by atoms with Crippen molar-refractivity contribution >= 4 is 0 Å². The van der Waals surface area contributed by atoms with Crippen LogP contribution in [0, 0.1) is 0 Å². The maximum atomic E-state index is 8.87. The lowest BCUT2D eigenvalue weighted by Crippen LogP contribution is -2.56. The average molecular weight is 166 g/mol. The Labute approximate surface area is 64.1 Å². The molecule has 0 saturated carbocycles. The molecule has 0 aromatic carbocycles. The minimum absolute atomic E-state index is 0.102. The van der Waals surface area contributed by atoms with Gasteiger partial charge in [-0.05, 0) is 13.0 Å². The molecule has 0 amide bonds. The van der Waals surface area contributed by atoms with Crippen molar-refractivity contribution in [1.82, 2.24) is 0 Å². The summed E-state index contributed by atoms with van der Waals surface area (Å²) < 4.78 is 0. The predicted molar refractivity (Wildman–Crippen MR) is 37.0 cm³/mol. The average Bonchev–Trinajstić information content (AvgIpc) is 1.88. The Morgan fingerprint density at radius 1 is 1.27 bits per heavy atom. The van der Waals surface area contributed by atoms with E-state index in [4.69, 9.17) is 31.9 Å². The Hall–Kier alpha value is -0.240. The van der Waals surface area contributed by atoms with Crippen LogP contribution >= 0.6 is 0 Å². The van der Waals surface area contributed by atoms with Crippen LogP contribution in [-0.4, -0.2) is 45.1 Å². The molecule has 0 rings (SSSR count). The highest BCUT2D eigenvalue weighted by Gasteiger charge is 2.38. The molecule has 11 heavy (non-hydrogen) atoms. The maximum Gasteiger partial charge on any atom is 0.230 e. The Morgan fingerprint density at radius 3 is 2.00 bits per heavy atom. The normalized spacial score (nSPS) is 15.5. The van der Waals surface area contributed by atoms with E-state index in [1.807, 2.05) is 0 Å². The molecule has 0 aromatic heterocycles. The van der Waals surface area contributed by atoms with E-state index < -0.39 is 18.1 Å². The highest BCUT2D eigenvalue weighted by molar-refractivity contribution is 4.80. The fourth-order valence-corrected chi connectivity index (χ4v) is 0.583. The van der Waals surface area contributed by atoms with Gasteiger partial charge in [-0.3, -0.25) is 0 Å². The molecule has 0 aliphatic heterocycles. The molecular formula is C5H14N2O4. The minimum atomic E-state index is -2.68. The van der Waals surface area contributed by atoms with Crippen LogP contribution in [0.25, 0.3) is 0 Å². The molecule has 0 saturated heterocycles. The second-order valence-electron chi connectivity index (χ2n) is 2.34. The lowest BCUT2D eigenvalue weighted by Gasteiger charge is -2.29. The molecule has 0 aromatic rings. The first-order chi connectivity index (χ1) is 4.92. The Balaban J connectivity index is 4.05. The van der Waals surface area contributed by atoms with Gasteiger partial charge in [-0.1, -0.05) is 0 Å². The van der Waals surface area contributed by atoms with Gasteiger partial charge in [0.15, 0.2) is 0 Å². The van der Waals surface area contributed by atoms with E-state index in [0.29, 0.717) is 0 Å². The SMILES string of the molecule is NCCC(N)C(O)(O)C(O)O. The number of nitrogens with two attached hydrogens (primary N) is 2. The van der Waals surface area contributed by atoms with Crippen LogP contribution in [0.1, 0.15) is 6.42 Å². The van der Waals surface area contributed by atoms with E-state index in [1.165, 1.54) is 0 Å². The van der Waals surface area contributed by atoms with Crippen molar-refractivity contribution < 1.29 is 20.4 Å². The van der Waals surface area contributed by atoms with Gasteiger partial charge in [-0.25, -0.2) is 0 Å². The van der Waals surface area contributed by atoms with Gasteiger partial charge in [-0.15, -0.1) is 0 Å². The molecule has 1 unspecified atom stereocenters. The van der Waals surface area contributed by atoms with Crippen molar-refractivity contribution in [2.24, 2.45) is 11.5 Å². The molecule has 0 fully saturated rings. The Bertz CT molecular complexity index is 117. The van der Waals surface area contributed by atoms with Gasteiger partial charge < -0.3 is 31.9 Å². The lowest BCUT2D eigenvalue weighted by atomic mass is 10.0. The van der Waals surface area contributed by atoms with Crippen molar-refractivity contribution in [3.8, 4) is 0 Å². The first kappa shape index (κ1) is 10.8. The summed E-state index contributed by atoms with van der Waals surface area (Å²) in [4.78, 5) is 0. The molecule has 6 heteroatoms. The van der Waals surface area contributed by atoms with E-state index in [-0.39, 0.29) is 13.0 Å². The second-order valence-corrected chi connectivity index (χ2v) is 2.34. The first-order valence-electron chi connectivity index (χ1n) is 3.19. The molecule has 0 radical (unpaired) electrons. The van der Waals surface area contributed by atoms with Crippen LogP contribution in [0.3, 0.4) is 0 Å². The molecule has 8 N–H and O–H groups in total. The van der Waals surface area contributed by atoms with Crippen LogP contribution in [0.4, 0.5) is 0 Å². The molecule has 68 valence electrons. The van der Waals surface area contributed by atoms with Crippen molar-refractivity contribution in [2.45, 2.75) is 24.5 Å². The standard InChI is InChI=1S/C5H14N2O4/c6-2-1-3(7)5(10,11)4(8)9/h3-4,8-11H,1-2,6-7H2. The summed E-state index contributed by atoms with van der Waals surface area (Å²) in [7, 11) is 0. The van der Waals surface area contributed by atoms with Crippen LogP contribution in [0.15, 0.2) is 0 Å². The summed E-state index contributed by atoms with van der Waals surface area (Å²) in [5, 5.41) is 34.6. The third kappa shape index (κ3) is 2.70. The molecule has 1 atom stereocenters. The molecule has 6 nitrogen and oxygen atoms in total. The van der Waals surface area contributed by atoms with Crippen LogP contribution in [0.2, 0.25) is 0 Å². The molecule has 0 aliphatic rings. The summed E-state index contributed by atoms with van der Waals surface area (Å²) in [5.74, 6) is -2.68. The van der Waals surface area contributed by atoms with Crippen LogP contribution < -0.4 is 11.5 Å². The number of rotatable bonds is 4. The molecular weight excluding hydrogens is 152 g/mol. The monoisotopic (exact) mass is 166 g/mol. The van der Waals surface area contributed by atoms with Gasteiger partial charge in [0.05, 0.1) is 6.04 Å². The highest BCUT2D eigenvalue weighted by Crippen LogP contribution is 2.10. The lowest BCUT2D eigenvalue weighted by molar-refractivity contribution is -0.298. The second kappa shape index (κ2) is 3.96. The predicted octanol–water partition coefficient (Wildman–Crippen LogP) is -3.35. The number of aliphatic hydroxyl groups excluding tert-OH is 1. The van der Waals surface area contributed by atoms with Gasteiger partial charge in [0.25, 0.3) is 0 Å². The first-order valence-corrected chi connectivity index (χ1v) is 3.19. The number of aliphatic hydroxyl groups is 4. The quantitative estimate of drug-likeness (QED) is 0.242. The Kier molecular flexibility index (Phi) is 3.87. The van der Waals surface area contributed by atoms with Gasteiger partial charge in [0.1, 0.15) is 0 Å². The molecule has 0 aliphatic carbocycles. The van der Waals surface area contributed by atoms with E-state index >= 15 is 0 Å². The van der Waals surface area contributed by atoms with E-state index in [1.54, 1.807) is 0 Å². The fourth-order valence-electron chi connectivity index (χ4n) is 0.583. The highest BCUT2D eigenvalue weighted by atomic mass is 16.6. The zero-order chi connectivity index (χ0) is 9.07. The summed E-state index contributed by atoms with van der Waals surface area (Å²) in [6.45, 7) is 0.150. The zero-order valence-electron chi connectivity index (χ0n) is 6.01. The van der Waals surface area contributed by atoms with Crippen molar-refractivity contribution in [3.63, 3.8) is 0 Å². The van der Waals surface area contributed by atoms with Gasteiger partial charge >= 0.3 is 0 Å². The van der Waals surface area contributed by atoms with Crippen LogP contribution in [0.5, 0.6) is 0 Å². The topological polar surface area (TPSA) is 133 Å². The van der Waals surface area contributed by atoms with Gasteiger partial charge in [-0.2, -0.15) is 0 Å². The zero-order valence-corrected chi connectivity index (χ0v) is 6.01. The summed E-state index contributed by atoms with van der Waals surface area (Å²) in [6, 6.07) is -1.16. The van der Waals surface area contributed by atoms with Gasteiger partial charge in [0.2, 0.25) is 12.1 Å². The fraction of sp³-hybridized carbons (Fsp3) is 1.00. The smallest absolute Gasteiger partial charge is 0.230 e. The van der Waals surface area contributed by atoms with Crippen LogP contribution in [-0.2, 0) is 0 Å². The van der Waals surface area contributed by atoms with Crippen molar-refractivity contribution in [3.05, 3.63) is 0 Å². The maximum absolute atomic E-state index is 8.87. The van der Waals surface area contributed by atoms with E-state index in [9.17, 15) is 0 Å². The van der Waals surface area contributed by atoms with Gasteiger partial charge in [0, 0.05) is 0 Å². The third-order valence-corrected chi connectivity index (χ3v) is 1.40. The van der Waals surface area contributed by atoms with E-state index in [0.717, 1.165) is 0 Å². The van der Waals surface area contributed by atoms with Crippen molar-refractivity contribution in [2.75, 3.05) is 6.54 Å². The van der Waals surface area contributed by atoms with E-state index in [2.05, 4.69) is 0 Å². The number of hydrogen-bond acceptors (Lipinski definition) is 6. The largest absolute Gasteiger partial charge is 0.364 e. The van der Waals surface area contributed by atoms with Crippen molar-refractivity contribution in [1.29, 1.82) is 0 Å². The number of hydrogen-bond donors (Lipinski definition) is 6. The summed E-state index contributed by atoms with van der Waals surface area (Å²) >= 11 is 0. The Morgan fingerprint density at radius 2 is 1.73 bits per heavy atom. The minimum Gasteiger partial charge on any atom is -0.364 e. The summed E-state index contributed by atoms with van der Waals surface area (Å²) in [5.41, 5.74) is 10.2. The molecule has 0 heterocycles. The summed E-state index contributed by atoms with van der Waals surface area (Å²) in [6.07, 6.45) is -2.17. The molecule has 0 spiro atoms.